The molecular formula is C14H21N7O2. The lowest BCUT2D eigenvalue weighted by molar-refractivity contribution is 0.0334. The van der Waals surface area contributed by atoms with Gasteiger partial charge in [-0.1, -0.05) is 12.1 Å². The quantitative estimate of drug-likeness (QED) is 0.410. The van der Waals surface area contributed by atoms with Crippen LogP contribution < -0.4 is 22.5 Å². The van der Waals surface area contributed by atoms with E-state index in [-0.39, 0.29) is 17.8 Å². The van der Waals surface area contributed by atoms with Crippen molar-refractivity contribution in [2.45, 2.75) is 0 Å². The van der Waals surface area contributed by atoms with Crippen LogP contribution in [0.2, 0.25) is 0 Å². The standard InChI is InChI=1S/C14H21N7O2/c15-13(16)20-14(17)19-11-4-2-1-3-10(11)12(22)18-9-21-5-7-23-8-6-21/h1-4H,5-9H2,(H,18,22)(H6,15,16,17,19,20). The Hall–Kier alpha value is -2.65. The monoisotopic (exact) mass is 319 g/mol. The zero-order valence-corrected chi connectivity index (χ0v) is 12.7. The first-order chi connectivity index (χ1) is 11.1. The number of morpholine rings is 1. The fourth-order valence-electron chi connectivity index (χ4n) is 2.08. The van der Waals surface area contributed by atoms with E-state index in [1.54, 1.807) is 24.3 Å². The maximum atomic E-state index is 12.3. The summed E-state index contributed by atoms with van der Waals surface area (Å²) in [6.45, 7) is 3.37. The molecular weight excluding hydrogens is 298 g/mol. The summed E-state index contributed by atoms with van der Waals surface area (Å²) in [5, 5.41) is 2.86. The molecule has 2 rings (SSSR count). The Labute approximate surface area is 134 Å². The van der Waals surface area contributed by atoms with Gasteiger partial charge in [-0.15, -0.1) is 0 Å². The predicted molar refractivity (Wildman–Crippen MR) is 88.3 cm³/mol. The van der Waals surface area contributed by atoms with Gasteiger partial charge in [-0.25, -0.2) is 4.99 Å². The van der Waals surface area contributed by atoms with E-state index in [9.17, 15) is 4.79 Å². The lowest BCUT2D eigenvalue weighted by atomic mass is 10.1. The minimum atomic E-state index is -0.242. The van der Waals surface area contributed by atoms with E-state index in [1.165, 1.54) is 0 Å². The third kappa shape index (κ3) is 5.24. The molecule has 1 aromatic carbocycles. The van der Waals surface area contributed by atoms with Gasteiger partial charge in [-0.2, -0.15) is 4.99 Å². The molecule has 1 aliphatic rings. The van der Waals surface area contributed by atoms with E-state index in [0.717, 1.165) is 13.1 Å². The molecule has 0 saturated carbocycles. The average Bonchev–Trinajstić information content (AvgIpc) is 2.53. The molecule has 0 aromatic heterocycles. The van der Waals surface area contributed by atoms with E-state index in [4.69, 9.17) is 21.9 Å². The third-order valence-electron chi connectivity index (χ3n) is 3.19. The number of nitrogens with zero attached hydrogens (tertiary/aromatic N) is 3. The number of amides is 1. The summed E-state index contributed by atoms with van der Waals surface area (Å²) in [7, 11) is 0. The summed E-state index contributed by atoms with van der Waals surface area (Å²) < 4.78 is 5.27. The number of rotatable bonds is 4. The smallest absolute Gasteiger partial charge is 0.254 e. The molecule has 0 aliphatic carbocycles. The van der Waals surface area contributed by atoms with Crippen LogP contribution in [0.5, 0.6) is 0 Å². The van der Waals surface area contributed by atoms with Crippen molar-refractivity contribution in [3.05, 3.63) is 29.8 Å². The molecule has 0 spiro atoms. The van der Waals surface area contributed by atoms with Gasteiger partial charge in [0, 0.05) is 13.1 Å². The Kier molecular flexibility index (Phi) is 5.89. The Morgan fingerprint density at radius 2 is 1.91 bits per heavy atom. The highest BCUT2D eigenvalue weighted by Crippen LogP contribution is 2.18. The zero-order valence-electron chi connectivity index (χ0n) is 12.7. The summed E-state index contributed by atoms with van der Waals surface area (Å²) >= 11 is 0. The summed E-state index contributed by atoms with van der Waals surface area (Å²) in [5.74, 6) is -0.549. The van der Waals surface area contributed by atoms with Gasteiger partial charge < -0.3 is 27.3 Å². The van der Waals surface area contributed by atoms with Crippen molar-refractivity contribution in [1.82, 2.24) is 10.2 Å². The number of aliphatic imine (C=N–C) groups is 2. The Balaban J connectivity index is 2.06. The molecule has 23 heavy (non-hydrogen) atoms. The van der Waals surface area contributed by atoms with Gasteiger partial charge in [0.2, 0.25) is 5.96 Å². The Bertz CT molecular complexity index is 605. The van der Waals surface area contributed by atoms with E-state index in [2.05, 4.69) is 20.2 Å². The number of carbonyl (C=O) groups excluding carboxylic acids is 1. The summed E-state index contributed by atoms with van der Waals surface area (Å²) in [5.41, 5.74) is 16.9. The molecule has 0 unspecified atom stereocenters. The lowest BCUT2D eigenvalue weighted by Gasteiger charge is -2.26. The minimum absolute atomic E-state index is 0.113. The second-order valence-electron chi connectivity index (χ2n) is 4.92. The first-order valence-corrected chi connectivity index (χ1v) is 7.17. The SMILES string of the molecule is NC(N)=NC(N)=Nc1ccccc1C(=O)NCN1CCOCC1. The zero-order chi connectivity index (χ0) is 16.7. The number of nitrogens with two attached hydrogens (primary N) is 3. The molecule has 1 fully saturated rings. The van der Waals surface area contributed by atoms with Gasteiger partial charge in [-0.3, -0.25) is 9.69 Å². The molecule has 0 atom stereocenters. The molecule has 1 aliphatic heterocycles. The topological polar surface area (TPSA) is 144 Å². The summed E-state index contributed by atoms with van der Waals surface area (Å²) in [4.78, 5) is 22.2. The fraction of sp³-hybridized carbons (Fsp3) is 0.357. The number of para-hydroxylation sites is 1. The maximum Gasteiger partial charge on any atom is 0.254 e. The highest BCUT2D eigenvalue weighted by Gasteiger charge is 2.14. The van der Waals surface area contributed by atoms with Crippen molar-refractivity contribution in [2.24, 2.45) is 27.2 Å². The first kappa shape index (κ1) is 16.7. The molecule has 7 N–H and O–H groups in total. The minimum Gasteiger partial charge on any atom is -0.379 e. The molecule has 9 heteroatoms. The highest BCUT2D eigenvalue weighted by atomic mass is 16.5. The van der Waals surface area contributed by atoms with Gasteiger partial charge in [0.15, 0.2) is 5.96 Å². The van der Waals surface area contributed by atoms with Crippen molar-refractivity contribution in [1.29, 1.82) is 0 Å². The van der Waals surface area contributed by atoms with Crippen LogP contribution in [-0.4, -0.2) is 55.7 Å². The van der Waals surface area contributed by atoms with E-state index >= 15 is 0 Å². The van der Waals surface area contributed by atoms with Crippen molar-refractivity contribution < 1.29 is 9.53 Å². The largest absolute Gasteiger partial charge is 0.379 e. The van der Waals surface area contributed by atoms with Gasteiger partial charge in [0.25, 0.3) is 5.91 Å². The fourth-order valence-corrected chi connectivity index (χ4v) is 2.08. The molecule has 1 saturated heterocycles. The molecule has 0 bridgehead atoms. The normalized spacial score (nSPS) is 15.9. The van der Waals surface area contributed by atoms with Crippen LogP contribution in [0.4, 0.5) is 5.69 Å². The molecule has 1 aromatic rings. The van der Waals surface area contributed by atoms with Gasteiger partial charge in [0.1, 0.15) is 0 Å². The molecule has 124 valence electrons. The molecule has 1 amide bonds. The molecule has 0 radical (unpaired) electrons. The van der Waals surface area contributed by atoms with Crippen LogP contribution in [0.1, 0.15) is 10.4 Å². The first-order valence-electron chi connectivity index (χ1n) is 7.17. The highest BCUT2D eigenvalue weighted by molar-refractivity contribution is 6.01. The third-order valence-corrected chi connectivity index (χ3v) is 3.19. The number of ether oxygens (including phenoxy) is 1. The van der Waals surface area contributed by atoms with Gasteiger partial charge >= 0.3 is 0 Å². The van der Waals surface area contributed by atoms with Crippen molar-refractivity contribution in [3.8, 4) is 0 Å². The van der Waals surface area contributed by atoms with E-state index < -0.39 is 0 Å². The number of benzene rings is 1. The van der Waals surface area contributed by atoms with Crippen molar-refractivity contribution in [2.75, 3.05) is 33.0 Å². The van der Waals surface area contributed by atoms with Crippen molar-refractivity contribution in [3.63, 3.8) is 0 Å². The average molecular weight is 319 g/mol. The second kappa shape index (κ2) is 8.11. The summed E-state index contributed by atoms with van der Waals surface area (Å²) in [6, 6.07) is 6.83. The Morgan fingerprint density at radius 1 is 1.22 bits per heavy atom. The second-order valence-corrected chi connectivity index (χ2v) is 4.92. The van der Waals surface area contributed by atoms with Gasteiger partial charge in [0.05, 0.1) is 31.1 Å². The maximum absolute atomic E-state index is 12.3. The van der Waals surface area contributed by atoms with Crippen LogP contribution >= 0.6 is 0 Å². The molecule has 9 nitrogen and oxygen atoms in total. The number of hydrogen-bond donors (Lipinski definition) is 4. The van der Waals surface area contributed by atoms with Crippen molar-refractivity contribution >= 4 is 23.5 Å². The summed E-state index contributed by atoms with van der Waals surface area (Å²) in [6.07, 6.45) is 0. The number of carbonyl (C=O) groups is 1. The Morgan fingerprint density at radius 3 is 2.61 bits per heavy atom. The van der Waals surface area contributed by atoms with Crippen LogP contribution in [0.25, 0.3) is 0 Å². The molecule has 1 heterocycles. The predicted octanol–water partition coefficient (Wildman–Crippen LogP) is -1.07. The van der Waals surface area contributed by atoms with Crippen LogP contribution in [0, 0.1) is 0 Å². The number of hydrogen-bond acceptors (Lipinski definition) is 4. The lowest BCUT2D eigenvalue weighted by Crippen LogP contribution is -2.43. The van der Waals surface area contributed by atoms with Gasteiger partial charge in [-0.05, 0) is 12.1 Å². The number of guanidine groups is 2. The van der Waals surface area contributed by atoms with Crippen LogP contribution in [-0.2, 0) is 4.74 Å². The van der Waals surface area contributed by atoms with Crippen LogP contribution in [0.15, 0.2) is 34.3 Å². The number of nitrogens with one attached hydrogen (secondary N) is 1. The van der Waals surface area contributed by atoms with Crippen LogP contribution in [0.3, 0.4) is 0 Å². The van der Waals surface area contributed by atoms with E-state index in [0.29, 0.717) is 31.1 Å². The van der Waals surface area contributed by atoms with E-state index in [1.807, 2.05) is 0 Å².